The Morgan fingerprint density at radius 2 is 2.22 bits per heavy atom. The molecule has 9 heavy (non-hydrogen) atoms. The molecule has 0 spiro atoms. The summed E-state index contributed by atoms with van der Waals surface area (Å²) < 4.78 is 0. The average Bonchev–Trinajstić information content (AvgIpc) is 2.14. The quantitative estimate of drug-likeness (QED) is 0.511. The molecule has 54 valence electrons. The second kappa shape index (κ2) is 2.89. The molecule has 1 nitrogen and oxygen atoms in total. The molecular weight excluding hydrogens is 134 g/mol. The average molecular weight is 148 g/mol. The Labute approximate surface area is 62.0 Å². The fourth-order valence-electron chi connectivity index (χ4n) is 1.21. The van der Waals surface area contributed by atoms with Crippen molar-refractivity contribution in [2.45, 2.75) is 31.7 Å². The number of likely N-dealkylation sites (tertiary alicyclic amines) is 1. The van der Waals surface area contributed by atoms with Crippen molar-refractivity contribution in [3.05, 3.63) is 0 Å². The molecule has 0 aliphatic carbocycles. The van der Waals surface area contributed by atoms with Gasteiger partial charge in [0, 0.05) is 18.0 Å². The lowest BCUT2D eigenvalue weighted by Crippen LogP contribution is -2.28. The molecule has 1 unspecified atom stereocenters. The number of halogens is 1. The summed E-state index contributed by atoms with van der Waals surface area (Å²) in [6, 6.07) is 0.675. The lowest BCUT2D eigenvalue weighted by molar-refractivity contribution is 0.276. The Bertz CT molecular complexity index is 92.9. The fraction of sp³-hybridized carbons (Fsp3) is 1.00. The number of alkyl halides is 1. The van der Waals surface area contributed by atoms with Crippen LogP contribution in [0, 0.1) is 0 Å². The lowest BCUT2D eigenvalue weighted by Gasteiger charge is -2.18. The van der Waals surface area contributed by atoms with Gasteiger partial charge >= 0.3 is 0 Å². The number of hydrogen-bond donors (Lipinski definition) is 0. The summed E-state index contributed by atoms with van der Waals surface area (Å²) in [7, 11) is 0. The Kier molecular flexibility index (Phi) is 2.36. The first-order valence-corrected chi connectivity index (χ1v) is 4.02. The maximum absolute atomic E-state index is 5.91. The van der Waals surface area contributed by atoms with Crippen LogP contribution in [0.3, 0.4) is 0 Å². The van der Waals surface area contributed by atoms with Gasteiger partial charge < -0.3 is 0 Å². The molecule has 2 heteroatoms. The van der Waals surface area contributed by atoms with Crippen molar-refractivity contribution in [1.82, 2.24) is 4.90 Å². The molecule has 1 heterocycles. The monoisotopic (exact) mass is 147 g/mol. The number of nitrogens with zero attached hydrogens (tertiary/aromatic N) is 1. The van der Waals surface area contributed by atoms with Crippen molar-refractivity contribution in [3.8, 4) is 0 Å². The lowest BCUT2D eigenvalue weighted by atomic mass is 10.3. The Morgan fingerprint density at radius 1 is 1.56 bits per heavy atom. The van der Waals surface area contributed by atoms with Gasteiger partial charge in [-0.2, -0.15) is 0 Å². The van der Waals surface area contributed by atoms with Crippen molar-refractivity contribution in [1.29, 1.82) is 0 Å². The molecule has 1 aliphatic rings. The molecule has 0 aromatic carbocycles. The van der Waals surface area contributed by atoms with Crippen LogP contribution in [0.5, 0.6) is 0 Å². The van der Waals surface area contributed by atoms with E-state index in [1.165, 1.54) is 13.0 Å². The first kappa shape index (κ1) is 7.36. The third-order valence-electron chi connectivity index (χ3n) is 1.89. The predicted molar refractivity (Wildman–Crippen MR) is 41.0 cm³/mol. The van der Waals surface area contributed by atoms with Crippen molar-refractivity contribution < 1.29 is 0 Å². The highest BCUT2D eigenvalue weighted by molar-refractivity contribution is 6.20. The second-order valence-electron chi connectivity index (χ2n) is 2.97. The summed E-state index contributed by atoms with van der Waals surface area (Å²) in [5.74, 6) is 0. The Balaban J connectivity index is 2.30. The maximum atomic E-state index is 5.91. The predicted octanol–water partition coefficient (Wildman–Crippen LogP) is 1.71. The maximum Gasteiger partial charge on any atom is 0.0475 e. The van der Waals surface area contributed by atoms with Crippen molar-refractivity contribution in [2.75, 3.05) is 13.1 Å². The summed E-state index contributed by atoms with van der Waals surface area (Å²) in [5.41, 5.74) is 0. The molecular formula is C7H14ClN. The van der Waals surface area contributed by atoms with Crippen LogP contribution in [0.25, 0.3) is 0 Å². The van der Waals surface area contributed by atoms with Gasteiger partial charge in [-0.25, -0.2) is 0 Å². The van der Waals surface area contributed by atoms with Crippen LogP contribution in [-0.4, -0.2) is 29.4 Å². The van der Waals surface area contributed by atoms with Crippen LogP contribution in [0.1, 0.15) is 20.3 Å². The molecule has 0 N–H and O–H groups in total. The van der Waals surface area contributed by atoms with E-state index in [2.05, 4.69) is 18.7 Å². The molecule has 0 bridgehead atoms. The fourth-order valence-corrected chi connectivity index (χ4v) is 1.49. The molecule has 1 aliphatic heterocycles. The molecule has 0 aromatic heterocycles. The molecule has 0 aromatic rings. The van der Waals surface area contributed by atoms with Crippen LogP contribution in [0.2, 0.25) is 0 Å². The third kappa shape index (κ3) is 1.84. The van der Waals surface area contributed by atoms with Gasteiger partial charge in [0.05, 0.1) is 0 Å². The van der Waals surface area contributed by atoms with E-state index in [9.17, 15) is 0 Å². The minimum Gasteiger partial charge on any atom is -0.299 e. The van der Waals surface area contributed by atoms with Gasteiger partial charge in [0.1, 0.15) is 0 Å². The zero-order valence-corrected chi connectivity index (χ0v) is 6.86. The van der Waals surface area contributed by atoms with Gasteiger partial charge in [-0.05, 0) is 26.8 Å². The topological polar surface area (TPSA) is 3.24 Å². The Hall–Kier alpha value is 0.250. The van der Waals surface area contributed by atoms with E-state index in [0.717, 1.165) is 6.54 Å². The zero-order chi connectivity index (χ0) is 6.85. The zero-order valence-electron chi connectivity index (χ0n) is 6.10. The van der Waals surface area contributed by atoms with Crippen molar-refractivity contribution >= 4 is 11.6 Å². The number of rotatable bonds is 1. The van der Waals surface area contributed by atoms with Gasteiger partial charge in [0.25, 0.3) is 0 Å². The third-order valence-corrected chi connectivity index (χ3v) is 2.25. The summed E-state index contributed by atoms with van der Waals surface area (Å²) in [6.07, 6.45) is 1.17. The van der Waals surface area contributed by atoms with Crippen LogP contribution >= 0.6 is 11.6 Å². The van der Waals surface area contributed by atoms with Crippen LogP contribution in [-0.2, 0) is 0 Å². The summed E-state index contributed by atoms with van der Waals surface area (Å²) >= 11 is 5.91. The first-order chi connectivity index (χ1) is 4.20. The van der Waals surface area contributed by atoms with E-state index in [-0.39, 0.29) is 0 Å². The van der Waals surface area contributed by atoms with E-state index >= 15 is 0 Å². The highest BCUT2D eigenvalue weighted by Gasteiger charge is 2.21. The van der Waals surface area contributed by atoms with Crippen LogP contribution in [0.4, 0.5) is 0 Å². The van der Waals surface area contributed by atoms with E-state index in [1.54, 1.807) is 0 Å². The normalized spacial score (nSPS) is 30.0. The molecule has 1 fully saturated rings. The van der Waals surface area contributed by atoms with Gasteiger partial charge in [-0.3, -0.25) is 4.90 Å². The highest BCUT2D eigenvalue weighted by atomic mass is 35.5. The smallest absolute Gasteiger partial charge is 0.0475 e. The van der Waals surface area contributed by atoms with Crippen molar-refractivity contribution in [3.63, 3.8) is 0 Å². The van der Waals surface area contributed by atoms with Gasteiger partial charge in [0.15, 0.2) is 0 Å². The second-order valence-corrected chi connectivity index (χ2v) is 3.59. The number of hydrogen-bond acceptors (Lipinski definition) is 1. The first-order valence-electron chi connectivity index (χ1n) is 3.58. The van der Waals surface area contributed by atoms with Crippen LogP contribution < -0.4 is 0 Å². The summed E-state index contributed by atoms with van der Waals surface area (Å²) in [5, 5.41) is 0.410. The Morgan fingerprint density at radius 3 is 2.44 bits per heavy atom. The molecule has 1 atom stereocenters. The van der Waals surface area contributed by atoms with Crippen molar-refractivity contribution in [2.24, 2.45) is 0 Å². The molecule has 0 saturated carbocycles. The van der Waals surface area contributed by atoms with Gasteiger partial charge in [0.2, 0.25) is 0 Å². The summed E-state index contributed by atoms with van der Waals surface area (Å²) in [6.45, 7) is 6.70. The highest BCUT2D eigenvalue weighted by Crippen LogP contribution is 2.16. The molecule has 0 radical (unpaired) electrons. The molecule has 1 rings (SSSR count). The SMILES string of the molecule is CC(C)N1CCC(Cl)C1. The van der Waals surface area contributed by atoms with E-state index in [1.807, 2.05) is 0 Å². The van der Waals surface area contributed by atoms with E-state index < -0.39 is 0 Å². The largest absolute Gasteiger partial charge is 0.299 e. The van der Waals surface area contributed by atoms with E-state index in [4.69, 9.17) is 11.6 Å². The standard InChI is InChI=1S/C7H14ClN/c1-6(2)9-4-3-7(8)5-9/h6-7H,3-5H2,1-2H3. The van der Waals surface area contributed by atoms with E-state index in [0.29, 0.717) is 11.4 Å². The van der Waals surface area contributed by atoms with Gasteiger partial charge in [-0.15, -0.1) is 11.6 Å². The minimum absolute atomic E-state index is 0.410. The summed E-state index contributed by atoms with van der Waals surface area (Å²) in [4.78, 5) is 2.41. The van der Waals surface area contributed by atoms with Crippen LogP contribution in [0.15, 0.2) is 0 Å². The molecule has 1 saturated heterocycles. The van der Waals surface area contributed by atoms with Gasteiger partial charge in [-0.1, -0.05) is 0 Å². The minimum atomic E-state index is 0.410. The molecule has 0 amide bonds.